The van der Waals surface area contributed by atoms with Crippen molar-refractivity contribution in [3.63, 3.8) is 0 Å². The zero-order valence-corrected chi connectivity index (χ0v) is 13.1. The Morgan fingerprint density at radius 3 is 2.48 bits per heavy atom. The van der Waals surface area contributed by atoms with Crippen molar-refractivity contribution >= 4 is 11.6 Å². The zero-order valence-electron chi connectivity index (χ0n) is 12.3. The van der Waals surface area contributed by atoms with Gasteiger partial charge in [0.15, 0.2) is 0 Å². The lowest BCUT2D eigenvalue weighted by atomic mass is 10.1. The van der Waals surface area contributed by atoms with Crippen molar-refractivity contribution in [1.82, 2.24) is 9.13 Å². The molecule has 2 rings (SSSR count). The molecule has 1 aromatic heterocycles. The van der Waals surface area contributed by atoms with Gasteiger partial charge in [-0.25, -0.2) is 4.79 Å². The molecule has 4 nitrogen and oxygen atoms in total. The van der Waals surface area contributed by atoms with E-state index in [0.29, 0.717) is 31.0 Å². The molecule has 2 aromatic rings. The number of nitrogens with zero attached hydrogens (tertiary/aromatic N) is 2. The molecule has 0 aliphatic heterocycles. The molecular formula is C16H19ClN2O2. The van der Waals surface area contributed by atoms with Crippen LogP contribution in [0.1, 0.15) is 23.1 Å². The van der Waals surface area contributed by atoms with Crippen molar-refractivity contribution in [3.8, 4) is 0 Å². The van der Waals surface area contributed by atoms with Crippen molar-refractivity contribution in [1.29, 1.82) is 0 Å². The first-order chi connectivity index (χ1) is 10.0. The Balaban J connectivity index is 2.45. The summed E-state index contributed by atoms with van der Waals surface area (Å²) < 4.78 is 2.86. The van der Waals surface area contributed by atoms with Gasteiger partial charge in [0.05, 0.1) is 6.54 Å². The van der Waals surface area contributed by atoms with Crippen LogP contribution in [0.2, 0.25) is 0 Å². The third-order valence-corrected chi connectivity index (χ3v) is 3.79. The Morgan fingerprint density at radius 2 is 1.81 bits per heavy atom. The molecule has 0 saturated carbocycles. The fourth-order valence-corrected chi connectivity index (χ4v) is 2.42. The number of rotatable bonds is 5. The van der Waals surface area contributed by atoms with Crippen molar-refractivity contribution in [3.05, 3.63) is 68.0 Å². The topological polar surface area (TPSA) is 44.0 Å². The molecular weight excluding hydrogens is 288 g/mol. The SMILES string of the molecule is Cc1ccccc1Cn1cc(C)c(=O)n(CCCCl)c1=O. The molecule has 5 heteroatoms. The van der Waals surface area contributed by atoms with E-state index >= 15 is 0 Å². The van der Waals surface area contributed by atoms with Gasteiger partial charge in [0, 0.05) is 24.2 Å². The monoisotopic (exact) mass is 306 g/mol. The summed E-state index contributed by atoms with van der Waals surface area (Å²) >= 11 is 5.66. The van der Waals surface area contributed by atoms with E-state index in [1.807, 2.05) is 31.2 Å². The third-order valence-electron chi connectivity index (χ3n) is 3.53. The van der Waals surface area contributed by atoms with E-state index in [9.17, 15) is 9.59 Å². The highest BCUT2D eigenvalue weighted by Gasteiger charge is 2.09. The van der Waals surface area contributed by atoms with Crippen LogP contribution in [0.5, 0.6) is 0 Å². The van der Waals surface area contributed by atoms with E-state index in [4.69, 9.17) is 11.6 Å². The Bertz CT molecular complexity index is 747. The lowest BCUT2D eigenvalue weighted by Gasteiger charge is -2.12. The number of hydrogen-bond donors (Lipinski definition) is 0. The van der Waals surface area contributed by atoms with Crippen LogP contribution in [0.3, 0.4) is 0 Å². The minimum absolute atomic E-state index is 0.230. The standard InChI is InChI=1S/C16H19ClN2O2/c1-12-6-3-4-7-14(12)11-18-10-13(2)15(20)19(16(18)21)9-5-8-17/h3-4,6-7,10H,5,8-9,11H2,1-2H3. The highest BCUT2D eigenvalue weighted by atomic mass is 35.5. The molecule has 112 valence electrons. The average molecular weight is 307 g/mol. The fourth-order valence-electron chi connectivity index (χ4n) is 2.30. The summed E-state index contributed by atoms with van der Waals surface area (Å²) in [7, 11) is 0. The van der Waals surface area contributed by atoms with Crippen LogP contribution in [0.25, 0.3) is 0 Å². The molecule has 0 spiro atoms. The maximum atomic E-state index is 12.4. The molecule has 0 aliphatic carbocycles. The predicted molar refractivity (Wildman–Crippen MR) is 85.3 cm³/mol. The lowest BCUT2D eigenvalue weighted by Crippen LogP contribution is -2.41. The smallest absolute Gasteiger partial charge is 0.296 e. The first-order valence-corrected chi connectivity index (χ1v) is 7.49. The van der Waals surface area contributed by atoms with Crippen molar-refractivity contribution < 1.29 is 0 Å². The number of aromatic nitrogens is 2. The fraction of sp³-hybridized carbons (Fsp3) is 0.375. The molecule has 0 radical (unpaired) electrons. The second kappa shape index (κ2) is 6.76. The first kappa shape index (κ1) is 15.6. The molecule has 1 aromatic carbocycles. The molecule has 0 saturated heterocycles. The summed E-state index contributed by atoms with van der Waals surface area (Å²) in [6.45, 7) is 4.56. The molecule has 0 atom stereocenters. The van der Waals surface area contributed by atoms with E-state index < -0.39 is 0 Å². The normalized spacial score (nSPS) is 10.8. The molecule has 0 bridgehead atoms. The van der Waals surface area contributed by atoms with Crippen LogP contribution in [-0.2, 0) is 13.1 Å². The van der Waals surface area contributed by atoms with Crippen molar-refractivity contribution in [2.75, 3.05) is 5.88 Å². The highest BCUT2D eigenvalue weighted by Crippen LogP contribution is 2.08. The lowest BCUT2D eigenvalue weighted by molar-refractivity contribution is 0.561. The van der Waals surface area contributed by atoms with Gasteiger partial charge in [-0.15, -0.1) is 11.6 Å². The number of alkyl halides is 1. The Hall–Kier alpha value is -1.81. The zero-order chi connectivity index (χ0) is 15.4. The van der Waals surface area contributed by atoms with E-state index in [0.717, 1.165) is 11.1 Å². The molecule has 21 heavy (non-hydrogen) atoms. The van der Waals surface area contributed by atoms with Crippen LogP contribution in [0.15, 0.2) is 40.1 Å². The van der Waals surface area contributed by atoms with Gasteiger partial charge in [-0.3, -0.25) is 13.9 Å². The largest absolute Gasteiger partial charge is 0.331 e. The Morgan fingerprint density at radius 1 is 1.10 bits per heavy atom. The number of halogens is 1. The highest BCUT2D eigenvalue weighted by molar-refractivity contribution is 6.17. The van der Waals surface area contributed by atoms with Gasteiger partial charge >= 0.3 is 5.69 Å². The second-order valence-corrected chi connectivity index (χ2v) is 5.53. The van der Waals surface area contributed by atoms with Crippen LogP contribution >= 0.6 is 11.6 Å². The number of hydrogen-bond acceptors (Lipinski definition) is 2. The van der Waals surface area contributed by atoms with E-state index in [1.54, 1.807) is 17.7 Å². The summed E-state index contributed by atoms with van der Waals surface area (Å²) in [4.78, 5) is 24.5. The summed E-state index contributed by atoms with van der Waals surface area (Å²) in [5, 5.41) is 0. The minimum atomic E-state index is -0.279. The van der Waals surface area contributed by atoms with Gasteiger partial charge in [-0.2, -0.15) is 0 Å². The first-order valence-electron chi connectivity index (χ1n) is 6.96. The molecule has 1 heterocycles. The second-order valence-electron chi connectivity index (χ2n) is 5.15. The summed E-state index contributed by atoms with van der Waals surface area (Å²) in [5.41, 5.74) is 2.25. The number of aryl methyl sites for hydroxylation is 2. The quantitative estimate of drug-likeness (QED) is 0.796. The molecule has 0 unspecified atom stereocenters. The van der Waals surface area contributed by atoms with Gasteiger partial charge in [-0.1, -0.05) is 24.3 Å². The van der Waals surface area contributed by atoms with Crippen LogP contribution in [0, 0.1) is 13.8 Å². The summed E-state index contributed by atoms with van der Waals surface area (Å²) in [6.07, 6.45) is 2.23. The Kier molecular flexibility index (Phi) is 5.02. The van der Waals surface area contributed by atoms with Crippen LogP contribution in [0.4, 0.5) is 0 Å². The minimum Gasteiger partial charge on any atom is -0.296 e. The van der Waals surface area contributed by atoms with Crippen LogP contribution in [-0.4, -0.2) is 15.0 Å². The third kappa shape index (κ3) is 3.45. The van der Waals surface area contributed by atoms with Gasteiger partial charge < -0.3 is 0 Å². The van der Waals surface area contributed by atoms with Crippen molar-refractivity contribution in [2.24, 2.45) is 0 Å². The van der Waals surface area contributed by atoms with Gasteiger partial charge in [0.2, 0.25) is 0 Å². The summed E-state index contributed by atoms with van der Waals surface area (Å²) in [5.74, 6) is 0.428. The Labute approximate surface area is 128 Å². The summed E-state index contributed by atoms with van der Waals surface area (Å²) in [6, 6.07) is 7.92. The number of benzene rings is 1. The maximum absolute atomic E-state index is 12.4. The molecule has 0 N–H and O–H groups in total. The van der Waals surface area contributed by atoms with Gasteiger partial charge in [-0.05, 0) is 31.4 Å². The maximum Gasteiger partial charge on any atom is 0.331 e. The molecule has 0 fully saturated rings. The van der Waals surface area contributed by atoms with E-state index in [-0.39, 0.29) is 11.2 Å². The van der Waals surface area contributed by atoms with Gasteiger partial charge in [0.1, 0.15) is 0 Å². The molecule has 0 amide bonds. The van der Waals surface area contributed by atoms with Crippen molar-refractivity contribution in [2.45, 2.75) is 33.4 Å². The van der Waals surface area contributed by atoms with E-state index in [1.165, 1.54) is 4.57 Å². The predicted octanol–water partition coefficient (Wildman–Crippen LogP) is 2.30. The van der Waals surface area contributed by atoms with Gasteiger partial charge in [0.25, 0.3) is 5.56 Å². The van der Waals surface area contributed by atoms with Crippen LogP contribution < -0.4 is 11.2 Å². The average Bonchev–Trinajstić information content (AvgIpc) is 2.47. The molecule has 0 aliphatic rings. The van der Waals surface area contributed by atoms with E-state index in [2.05, 4.69) is 0 Å².